The monoisotopic (exact) mass is 554 g/mol. The minimum Gasteiger partial charge on any atom is -0.340 e. The summed E-state index contributed by atoms with van der Waals surface area (Å²) in [6.07, 6.45) is 28.3. The minimum atomic E-state index is -0.0498. The van der Waals surface area contributed by atoms with E-state index < -0.39 is 0 Å². The zero-order valence-corrected chi connectivity index (χ0v) is 24.4. The summed E-state index contributed by atoms with van der Waals surface area (Å²) in [4.78, 5) is 4.77. The fourth-order valence-corrected chi connectivity index (χ4v) is 7.48. The normalized spacial score (nSPS) is 24.8. The predicted molar refractivity (Wildman–Crippen MR) is 181 cm³/mol. The van der Waals surface area contributed by atoms with E-state index in [0.29, 0.717) is 12.5 Å². The van der Waals surface area contributed by atoms with Crippen molar-refractivity contribution in [3.63, 3.8) is 0 Å². The van der Waals surface area contributed by atoms with Crippen LogP contribution in [0.1, 0.15) is 41.5 Å². The summed E-state index contributed by atoms with van der Waals surface area (Å²) in [5.41, 5.74) is 10.2. The van der Waals surface area contributed by atoms with E-state index in [1.807, 2.05) is 6.07 Å². The van der Waals surface area contributed by atoms with Gasteiger partial charge in [-0.25, -0.2) is 0 Å². The van der Waals surface area contributed by atoms with Crippen LogP contribution < -0.4 is 15.8 Å². The lowest BCUT2D eigenvalue weighted by molar-refractivity contribution is 0.483. The quantitative estimate of drug-likeness (QED) is 0.357. The van der Waals surface area contributed by atoms with Crippen LogP contribution in [0.25, 0.3) is 22.4 Å². The SMILES string of the molecule is CC12C=CC=CC1=c1cc(C3CC=CC=C3c3ccccc3C3=CCN=C(c4ccccc4)N3)ccc1=C1C=CC=CC12. The lowest BCUT2D eigenvalue weighted by Crippen LogP contribution is -2.44. The predicted octanol–water partition coefficient (Wildman–Crippen LogP) is 7.39. The van der Waals surface area contributed by atoms with Crippen LogP contribution in [0.5, 0.6) is 0 Å². The highest BCUT2D eigenvalue weighted by Gasteiger charge is 2.39. The molecular formula is C41H34N2. The van der Waals surface area contributed by atoms with Gasteiger partial charge in [-0.2, -0.15) is 0 Å². The molecular weight excluding hydrogens is 520 g/mol. The van der Waals surface area contributed by atoms with Crippen molar-refractivity contribution in [3.05, 3.63) is 178 Å². The Labute approximate surface area is 253 Å². The van der Waals surface area contributed by atoms with Crippen molar-refractivity contribution >= 4 is 28.3 Å². The van der Waals surface area contributed by atoms with Gasteiger partial charge in [-0.3, -0.25) is 4.99 Å². The summed E-state index contributed by atoms with van der Waals surface area (Å²) in [5.74, 6) is 1.55. The third-order valence-corrected chi connectivity index (χ3v) is 9.65. The zero-order valence-electron chi connectivity index (χ0n) is 24.4. The van der Waals surface area contributed by atoms with Crippen molar-refractivity contribution in [3.8, 4) is 0 Å². The fraction of sp³-hybridized carbons (Fsp3) is 0.146. The van der Waals surface area contributed by atoms with Crippen LogP contribution in [-0.4, -0.2) is 12.4 Å². The molecule has 0 spiro atoms. The average Bonchev–Trinajstić information content (AvgIpc) is 3.08. The van der Waals surface area contributed by atoms with Crippen molar-refractivity contribution in [2.75, 3.05) is 6.54 Å². The highest BCUT2D eigenvalue weighted by Crippen LogP contribution is 2.47. The number of nitrogens with one attached hydrogen (secondary N) is 1. The van der Waals surface area contributed by atoms with E-state index >= 15 is 0 Å². The molecule has 1 aliphatic heterocycles. The van der Waals surface area contributed by atoms with E-state index in [0.717, 1.165) is 23.5 Å². The van der Waals surface area contributed by atoms with Crippen LogP contribution in [0.3, 0.4) is 0 Å². The Morgan fingerprint density at radius 2 is 1.65 bits per heavy atom. The molecule has 8 rings (SSSR count). The van der Waals surface area contributed by atoms with Gasteiger partial charge in [0.2, 0.25) is 0 Å². The van der Waals surface area contributed by atoms with Gasteiger partial charge < -0.3 is 5.32 Å². The van der Waals surface area contributed by atoms with Crippen LogP contribution in [0.2, 0.25) is 0 Å². The van der Waals surface area contributed by atoms with Crippen LogP contribution in [-0.2, 0) is 0 Å². The number of fused-ring (bicyclic) bond motifs is 4. The number of nitrogens with zero attached hydrogens (tertiary/aromatic N) is 1. The maximum Gasteiger partial charge on any atom is 0.133 e. The second kappa shape index (κ2) is 10.4. The van der Waals surface area contributed by atoms with Gasteiger partial charge in [-0.15, -0.1) is 0 Å². The smallest absolute Gasteiger partial charge is 0.133 e. The van der Waals surface area contributed by atoms with Gasteiger partial charge in [-0.1, -0.05) is 147 Å². The number of amidine groups is 1. The van der Waals surface area contributed by atoms with Crippen LogP contribution in [0.4, 0.5) is 0 Å². The first-order valence-electron chi connectivity index (χ1n) is 15.3. The van der Waals surface area contributed by atoms with E-state index in [4.69, 9.17) is 4.99 Å². The third kappa shape index (κ3) is 4.29. The summed E-state index contributed by atoms with van der Waals surface area (Å²) in [6.45, 7) is 3.06. The number of hydrogen-bond acceptors (Lipinski definition) is 2. The van der Waals surface area contributed by atoms with Crippen molar-refractivity contribution in [1.82, 2.24) is 5.32 Å². The first-order chi connectivity index (χ1) is 21.2. The molecule has 3 unspecified atom stereocenters. The first kappa shape index (κ1) is 25.7. The second-order valence-corrected chi connectivity index (χ2v) is 12.1. The molecule has 43 heavy (non-hydrogen) atoms. The minimum absolute atomic E-state index is 0.0498. The number of hydrogen-bond donors (Lipinski definition) is 1. The molecule has 1 heterocycles. The molecule has 4 aliphatic carbocycles. The van der Waals surface area contributed by atoms with E-state index in [1.54, 1.807) is 0 Å². The Hall–Kier alpha value is -4.95. The standard InChI is InChI=1S/C41H34N2/c1-41-25-12-11-21-38(41)36-27-29(22-23-33(36)34-18-9-10-20-37(34)41)30-15-5-6-16-31(30)32-17-7-8-19-35(32)39-24-26-42-40(43-39)28-13-3-2-4-14-28/h2-14,16-25,27,30,37H,15,26H2,1H3,(H,42,43). The van der Waals surface area contributed by atoms with Gasteiger partial charge in [0.1, 0.15) is 5.84 Å². The Kier molecular flexibility index (Phi) is 6.22. The molecule has 0 aromatic heterocycles. The molecule has 5 aliphatic rings. The van der Waals surface area contributed by atoms with Gasteiger partial charge in [0.25, 0.3) is 0 Å². The topological polar surface area (TPSA) is 24.4 Å². The van der Waals surface area contributed by atoms with Crippen LogP contribution in [0.15, 0.2) is 151 Å². The maximum atomic E-state index is 4.77. The van der Waals surface area contributed by atoms with Crippen molar-refractivity contribution in [2.45, 2.75) is 19.3 Å². The van der Waals surface area contributed by atoms with Gasteiger partial charge in [0.15, 0.2) is 0 Å². The number of benzene rings is 3. The van der Waals surface area contributed by atoms with Gasteiger partial charge in [-0.05, 0) is 50.8 Å². The summed E-state index contributed by atoms with van der Waals surface area (Å²) in [5, 5.41) is 6.39. The highest BCUT2D eigenvalue weighted by molar-refractivity contribution is 6.05. The van der Waals surface area contributed by atoms with Crippen LogP contribution >= 0.6 is 0 Å². The molecule has 0 saturated heterocycles. The van der Waals surface area contributed by atoms with Crippen molar-refractivity contribution < 1.29 is 0 Å². The van der Waals surface area contributed by atoms with Crippen molar-refractivity contribution in [2.24, 2.45) is 16.3 Å². The van der Waals surface area contributed by atoms with Gasteiger partial charge in [0, 0.05) is 34.1 Å². The number of aliphatic imine (C=N–C) groups is 1. The summed E-state index contributed by atoms with van der Waals surface area (Å²) in [6, 6.07) is 26.5. The van der Waals surface area contributed by atoms with E-state index in [1.165, 1.54) is 43.8 Å². The highest BCUT2D eigenvalue weighted by atomic mass is 15.0. The molecule has 2 nitrogen and oxygen atoms in total. The Balaban J connectivity index is 1.22. The van der Waals surface area contributed by atoms with E-state index in [2.05, 4.69) is 152 Å². The number of rotatable bonds is 4. The van der Waals surface area contributed by atoms with Gasteiger partial charge >= 0.3 is 0 Å². The maximum absolute atomic E-state index is 4.77. The van der Waals surface area contributed by atoms with Crippen molar-refractivity contribution in [1.29, 1.82) is 0 Å². The Bertz CT molecular complexity index is 2010. The summed E-state index contributed by atoms with van der Waals surface area (Å²) >= 11 is 0. The zero-order chi connectivity index (χ0) is 28.8. The molecule has 0 radical (unpaired) electrons. The Morgan fingerprint density at radius 3 is 2.56 bits per heavy atom. The Morgan fingerprint density at radius 1 is 0.814 bits per heavy atom. The molecule has 3 aromatic rings. The van der Waals surface area contributed by atoms with E-state index in [-0.39, 0.29) is 11.3 Å². The molecule has 0 fully saturated rings. The number of allylic oxidation sites excluding steroid dienone is 12. The molecule has 2 heteroatoms. The lowest BCUT2D eigenvalue weighted by Gasteiger charge is -2.41. The largest absolute Gasteiger partial charge is 0.340 e. The average molecular weight is 555 g/mol. The van der Waals surface area contributed by atoms with Gasteiger partial charge in [0.05, 0.1) is 6.54 Å². The van der Waals surface area contributed by atoms with E-state index in [9.17, 15) is 0 Å². The third-order valence-electron chi connectivity index (χ3n) is 9.65. The molecule has 3 atom stereocenters. The molecule has 0 bridgehead atoms. The lowest BCUT2D eigenvalue weighted by atomic mass is 9.62. The first-order valence-corrected chi connectivity index (χ1v) is 15.3. The fourth-order valence-electron chi connectivity index (χ4n) is 7.48. The van der Waals surface area contributed by atoms with Crippen LogP contribution in [0, 0.1) is 11.3 Å². The summed E-state index contributed by atoms with van der Waals surface area (Å²) in [7, 11) is 0. The summed E-state index contributed by atoms with van der Waals surface area (Å²) < 4.78 is 0. The molecule has 0 saturated carbocycles. The molecule has 208 valence electrons. The second-order valence-electron chi connectivity index (χ2n) is 12.1. The molecule has 0 amide bonds. The molecule has 3 aromatic carbocycles. The molecule has 1 N–H and O–H groups in total.